The molecule has 0 radical (unpaired) electrons. The van der Waals surface area contributed by atoms with E-state index in [9.17, 15) is 9.59 Å². The molecule has 1 aromatic carbocycles. The van der Waals surface area contributed by atoms with Gasteiger partial charge in [-0.3, -0.25) is 0 Å². The molecule has 2 rings (SSSR count). The molecule has 1 unspecified atom stereocenters. The Morgan fingerprint density at radius 3 is 2.91 bits per heavy atom. The van der Waals surface area contributed by atoms with Gasteiger partial charge in [0.15, 0.2) is 0 Å². The summed E-state index contributed by atoms with van der Waals surface area (Å²) in [5, 5.41) is 2.61. The fourth-order valence-electron chi connectivity index (χ4n) is 2.47. The summed E-state index contributed by atoms with van der Waals surface area (Å²) in [5.74, 6) is 6.24. The summed E-state index contributed by atoms with van der Waals surface area (Å²) in [4.78, 5) is 25.5. The van der Waals surface area contributed by atoms with Crippen LogP contribution in [0, 0.1) is 11.8 Å². The number of aryl methyl sites for hydroxylation is 1. The monoisotopic (exact) mass is 312 g/mol. The predicted octanol–water partition coefficient (Wildman–Crippen LogP) is 3.21. The van der Waals surface area contributed by atoms with Crippen LogP contribution in [0.3, 0.4) is 0 Å². The minimum Gasteiger partial charge on any atom is -0.444 e. The number of carbonyl (C=O) groups is 1. The number of aliphatic imine (C=N–C) groups is 1. The molecule has 0 saturated heterocycles. The van der Waals surface area contributed by atoms with Gasteiger partial charge >= 0.3 is 6.09 Å². The quantitative estimate of drug-likeness (QED) is 0.518. The van der Waals surface area contributed by atoms with Crippen molar-refractivity contribution in [3.8, 4) is 11.8 Å². The average molecular weight is 312 g/mol. The molecule has 1 atom stereocenters. The number of fused-ring (bicyclic) bond motifs is 1. The fraction of sp³-hybridized carbons (Fsp3) is 0.444. The molecule has 5 heteroatoms. The number of nitrogens with zero attached hydrogens (tertiary/aromatic N) is 1. The lowest BCUT2D eigenvalue weighted by Gasteiger charge is -2.19. The number of rotatable bonds is 2. The van der Waals surface area contributed by atoms with E-state index >= 15 is 0 Å². The van der Waals surface area contributed by atoms with E-state index in [0.29, 0.717) is 5.69 Å². The molecule has 0 saturated carbocycles. The van der Waals surface area contributed by atoms with Crippen molar-refractivity contribution in [2.24, 2.45) is 4.99 Å². The van der Waals surface area contributed by atoms with Crippen LogP contribution >= 0.6 is 0 Å². The molecule has 0 heterocycles. The van der Waals surface area contributed by atoms with E-state index in [1.165, 1.54) is 5.56 Å². The topological polar surface area (TPSA) is 67.8 Å². The maximum atomic E-state index is 11.5. The van der Waals surface area contributed by atoms with Gasteiger partial charge in [0.2, 0.25) is 6.08 Å². The van der Waals surface area contributed by atoms with Crippen LogP contribution in [-0.4, -0.2) is 24.3 Å². The van der Waals surface area contributed by atoms with Crippen molar-refractivity contribution < 1.29 is 14.3 Å². The molecule has 1 aromatic rings. The van der Waals surface area contributed by atoms with Gasteiger partial charge in [0.05, 0.1) is 12.2 Å². The molecule has 1 N–H and O–H groups in total. The molecular formula is C18H20N2O3. The number of isocyanates is 1. The van der Waals surface area contributed by atoms with Gasteiger partial charge in [-0.05, 0) is 56.9 Å². The van der Waals surface area contributed by atoms with Crippen LogP contribution < -0.4 is 5.32 Å². The van der Waals surface area contributed by atoms with Gasteiger partial charge in [-0.15, -0.1) is 0 Å². The number of hydrogen-bond acceptors (Lipinski definition) is 4. The fourth-order valence-corrected chi connectivity index (χ4v) is 2.47. The van der Waals surface area contributed by atoms with E-state index in [0.717, 1.165) is 18.4 Å². The van der Waals surface area contributed by atoms with Crippen LogP contribution in [0.2, 0.25) is 0 Å². The smallest absolute Gasteiger partial charge is 0.408 e. The molecule has 0 spiro atoms. The summed E-state index contributed by atoms with van der Waals surface area (Å²) in [5.41, 5.74) is 2.41. The Bertz CT molecular complexity index is 701. The van der Waals surface area contributed by atoms with Gasteiger partial charge in [0, 0.05) is 5.92 Å². The molecular weight excluding hydrogens is 292 g/mol. The van der Waals surface area contributed by atoms with E-state index in [1.54, 1.807) is 6.08 Å². The number of carbonyl (C=O) groups excluding carboxylic acids is 2. The number of alkyl carbamates (subject to hydrolysis) is 1. The van der Waals surface area contributed by atoms with Gasteiger partial charge in [-0.1, -0.05) is 17.9 Å². The van der Waals surface area contributed by atoms with E-state index < -0.39 is 11.7 Å². The van der Waals surface area contributed by atoms with Crippen LogP contribution in [-0.2, 0) is 16.0 Å². The number of nitrogens with one attached hydrogen (secondary N) is 1. The van der Waals surface area contributed by atoms with Crippen LogP contribution in [0.5, 0.6) is 0 Å². The third-order valence-corrected chi connectivity index (χ3v) is 3.38. The highest BCUT2D eigenvalue weighted by atomic mass is 16.6. The van der Waals surface area contributed by atoms with Gasteiger partial charge in [0.25, 0.3) is 0 Å². The Labute approximate surface area is 136 Å². The zero-order valence-corrected chi connectivity index (χ0v) is 13.6. The minimum atomic E-state index is -0.516. The molecule has 0 aromatic heterocycles. The number of amides is 1. The third kappa shape index (κ3) is 4.98. The Kier molecular flexibility index (Phi) is 5.20. The first kappa shape index (κ1) is 16.8. The van der Waals surface area contributed by atoms with Crippen LogP contribution in [0.1, 0.15) is 44.2 Å². The summed E-state index contributed by atoms with van der Waals surface area (Å²) in [6, 6.07) is 5.67. The maximum absolute atomic E-state index is 11.5. The summed E-state index contributed by atoms with van der Waals surface area (Å²) in [7, 11) is 0. The first-order valence-corrected chi connectivity index (χ1v) is 7.55. The van der Waals surface area contributed by atoms with Crippen LogP contribution in [0.15, 0.2) is 23.2 Å². The minimum absolute atomic E-state index is 0.104. The van der Waals surface area contributed by atoms with E-state index in [1.807, 2.05) is 39.0 Å². The lowest BCUT2D eigenvalue weighted by molar-refractivity contribution is 0.0535. The molecule has 0 aliphatic heterocycles. The first-order valence-electron chi connectivity index (χ1n) is 7.55. The highest BCUT2D eigenvalue weighted by Gasteiger charge is 2.21. The lowest BCUT2D eigenvalue weighted by atomic mass is 10.0. The predicted molar refractivity (Wildman–Crippen MR) is 87.3 cm³/mol. The third-order valence-electron chi connectivity index (χ3n) is 3.38. The summed E-state index contributed by atoms with van der Waals surface area (Å²) in [6.07, 6.45) is 2.97. The molecule has 1 amide bonds. The normalized spacial score (nSPS) is 15.7. The van der Waals surface area contributed by atoms with Gasteiger partial charge in [-0.2, -0.15) is 4.99 Å². The molecule has 0 fully saturated rings. The maximum Gasteiger partial charge on any atom is 0.408 e. The van der Waals surface area contributed by atoms with Crippen molar-refractivity contribution in [1.29, 1.82) is 0 Å². The highest BCUT2D eigenvalue weighted by Crippen LogP contribution is 2.34. The Morgan fingerprint density at radius 1 is 1.43 bits per heavy atom. The molecule has 0 bridgehead atoms. The largest absolute Gasteiger partial charge is 0.444 e. The molecule has 5 nitrogen and oxygen atoms in total. The number of ether oxygens (including phenoxy) is 1. The van der Waals surface area contributed by atoms with Crippen molar-refractivity contribution in [1.82, 2.24) is 5.32 Å². The van der Waals surface area contributed by atoms with Crippen LogP contribution in [0.4, 0.5) is 10.5 Å². The summed E-state index contributed by atoms with van der Waals surface area (Å²) in [6.45, 7) is 5.68. The lowest BCUT2D eigenvalue weighted by Crippen LogP contribution is -2.32. The molecule has 120 valence electrons. The van der Waals surface area contributed by atoms with E-state index in [2.05, 4.69) is 22.2 Å². The highest BCUT2D eigenvalue weighted by molar-refractivity contribution is 5.68. The number of benzene rings is 1. The van der Waals surface area contributed by atoms with Crippen LogP contribution in [0.25, 0.3) is 0 Å². The van der Waals surface area contributed by atoms with Crippen molar-refractivity contribution in [2.45, 2.75) is 45.1 Å². The Balaban J connectivity index is 1.95. The second kappa shape index (κ2) is 7.13. The number of hydrogen-bond donors (Lipinski definition) is 1. The van der Waals surface area contributed by atoms with Crippen molar-refractivity contribution in [3.63, 3.8) is 0 Å². The standard InChI is InChI=1S/C18H20N2O3/c1-18(2,3)23-17(22)19-10-4-5-13-6-7-14-8-9-15(20-12-21)11-16(13)14/h8-9,11,13H,6-7,10H2,1-3H3,(H,19,22). The van der Waals surface area contributed by atoms with Gasteiger partial charge in [-0.25, -0.2) is 9.59 Å². The summed E-state index contributed by atoms with van der Waals surface area (Å²) >= 11 is 0. The molecule has 1 aliphatic carbocycles. The van der Waals surface area contributed by atoms with Gasteiger partial charge < -0.3 is 10.1 Å². The van der Waals surface area contributed by atoms with E-state index in [4.69, 9.17) is 4.74 Å². The second-order valence-electron chi connectivity index (χ2n) is 6.35. The van der Waals surface area contributed by atoms with Gasteiger partial charge in [0.1, 0.15) is 5.60 Å². The zero-order valence-electron chi connectivity index (χ0n) is 13.6. The average Bonchev–Trinajstić information content (AvgIpc) is 2.85. The van der Waals surface area contributed by atoms with Crippen molar-refractivity contribution in [3.05, 3.63) is 29.3 Å². The zero-order chi connectivity index (χ0) is 16.9. The summed E-state index contributed by atoms with van der Waals surface area (Å²) < 4.78 is 5.14. The molecule has 23 heavy (non-hydrogen) atoms. The Morgan fingerprint density at radius 2 is 2.22 bits per heavy atom. The van der Waals surface area contributed by atoms with Crippen molar-refractivity contribution >= 4 is 17.9 Å². The first-order chi connectivity index (χ1) is 10.9. The van der Waals surface area contributed by atoms with Crippen molar-refractivity contribution in [2.75, 3.05) is 6.54 Å². The SMILES string of the molecule is CC(C)(C)OC(=O)NCC#CC1CCc2ccc(N=C=O)cc21. The Hall–Kier alpha value is -2.57. The van der Waals surface area contributed by atoms with E-state index in [-0.39, 0.29) is 12.5 Å². The second-order valence-corrected chi connectivity index (χ2v) is 6.35. The molecule has 1 aliphatic rings.